The van der Waals surface area contributed by atoms with Crippen LogP contribution < -0.4 is 5.32 Å². The van der Waals surface area contributed by atoms with E-state index >= 15 is 0 Å². The second kappa shape index (κ2) is 3.09. The molecule has 0 saturated heterocycles. The van der Waals surface area contributed by atoms with E-state index in [0.29, 0.717) is 12.0 Å². The summed E-state index contributed by atoms with van der Waals surface area (Å²) >= 11 is 0. The van der Waals surface area contributed by atoms with Crippen molar-refractivity contribution in [2.45, 2.75) is 31.7 Å². The highest BCUT2D eigenvalue weighted by Crippen LogP contribution is 2.45. The molecule has 0 radical (unpaired) electrons. The van der Waals surface area contributed by atoms with Crippen molar-refractivity contribution in [2.24, 2.45) is 10.9 Å². The molecule has 2 atom stereocenters. The van der Waals surface area contributed by atoms with Gasteiger partial charge >= 0.3 is 0 Å². The van der Waals surface area contributed by atoms with Crippen molar-refractivity contribution >= 4 is 6.21 Å². The molecule has 4 rings (SSSR count). The molecule has 0 amide bonds. The molecule has 2 aliphatic heterocycles. The minimum atomic E-state index is 0.594. The van der Waals surface area contributed by atoms with Crippen molar-refractivity contribution in [3.63, 3.8) is 0 Å². The van der Waals surface area contributed by atoms with Crippen LogP contribution in [-0.4, -0.2) is 18.8 Å². The second-order valence-corrected chi connectivity index (χ2v) is 5.20. The van der Waals surface area contributed by atoms with Crippen molar-refractivity contribution in [1.29, 1.82) is 0 Å². The summed E-state index contributed by atoms with van der Waals surface area (Å²) in [5.74, 6) is 0.594. The van der Waals surface area contributed by atoms with Gasteiger partial charge in [-0.05, 0) is 36.8 Å². The van der Waals surface area contributed by atoms with E-state index < -0.39 is 0 Å². The van der Waals surface area contributed by atoms with E-state index in [1.165, 1.54) is 31.4 Å². The molecule has 0 saturated carbocycles. The number of nitrogens with zero attached hydrogens (tertiary/aromatic N) is 1. The van der Waals surface area contributed by atoms with Crippen LogP contribution in [0.5, 0.6) is 0 Å². The zero-order chi connectivity index (χ0) is 10.5. The monoisotopic (exact) mass is 212 g/mol. The summed E-state index contributed by atoms with van der Waals surface area (Å²) in [6, 6.07) is 0.667. The minimum absolute atomic E-state index is 0.594. The second-order valence-electron chi connectivity index (χ2n) is 5.20. The van der Waals surface area contributed by atoms with Gasteiger partial charge in [-0.15, -0.1) is 0 Å². The zero-order valence-corrected chi connectivity index (χ0v) is 9.37. The van der Waals surface area contributed by atoms with Crippen LogP contribution in [0.2, 0.25) is 0 Å². The number of fused-ring (bicyclic) bond motifs is 1. The van der Waals surface area contributed by atoms with Gasteiger partial charge < -0.3 is 5.32 Å². The lowest BCUT2D eigenvalue weighted by atomic mass is 9.82. The van der Waals surface area contributed by atoms with Crippen LogP contribution in [0.4, 0.5) is 0 Å². The number of hydrogen-bond acceptors (Lipinski definition) is 2. The van der Waals surface area contributed by atoms with Crippen LogP contribution in [0, 0.1) is 5.92 Å². The van der Waals surface area contributed by atoms with Crippen LogP contribution in [-0.2, 0) is 0 Å². The first-order chi connectivity index (χ1) is 7.92. The molecule has 2 heteroatoms. The summed E-state index contributed by atoms with van der Waals surface area (Å²) in [6.07, 6.45) is 11.7. The van der Waals surface area contributed by atoms with Crippen LogP contribution in [0.3, 0.4) is 0 Å². The molecule has 0 aromatic heterocycles. The summed E-state index contributed by atoms with van der Waals surface area (Å²) < 4.78 is 0. The Hall–Kier alpha value is -1.31. The average molecular weight is 212 g/mol. The molecule has 2 heterocycles. The molecular formula is C14H16N2. The molecule has 2 aliphatic carbocycles. The van der Waals surface area contributed by atoms with Crippen LogP contribution >= 0.6 is 0 Å². The predicted octanol–water partition coefficient (Wildman–Crippen LogP) is 2.35. The largest absolute Gasteiger partial charge is 0.385 e. The van der Waals surface area contributed by atoms with Gasteiger partial charge in [-0.2, -0.15) is 0 Å². The van der Waals surface area contributed by atoms with Gasteiger partial charge in [0.1, 0.15) is 0 Å². The molecule has 16 heavy (non-hydrogen) atoms. The number of hydrogen-bond donors (Lipinski definition) is 1. The molecule has 0 aromatic rings. The number of allylic oxidation sites excluding steroid dienone is 4. The predicted molar refractivity (Wildman–Crippen MR) is 65.4 cm³/mol. The van der Waals surface area contributed by atoms with E-state index in [4.69, 9.17) is 0 Å². The number of rotatable bonds is 0. The zero-order valence-electron chi connectivity index (χ0n) is 9.37. The third kappa shape index (κ3) is 1.10. The van der Waals surface area contributed by atoms with E-state index in [1.54, 1.807) is 16.7 Å². The van der Waals surface area contributed by atoms with Gasteiger partial charge in [-0.3, -0.25) is 4.99 Å². The normalized spacial score (nSPS) is 35.0. The maximum absolute atomic E-state index is 4.50. The number of nitrogens with one attached hydrogen (secondary N) is 1. The highest BCUT2D eigenvalue weighted by molar-refractivity contribution is 5.70. The Bertz CT molecular complexity index is 465. The van der Waals surface area contributed by atoms with E-state index in [-0.39, 0.29) is 0 Å². The van der Waals surface area contributed by atoms with E-state index in [1.807, 2.05) is 0 Å². The molecule has 0 spiro atoms. The van der Waals surface area contributed by atoms with Gasteiger partial charge in [-0.1, -0.05) is 17.7 Å². The average Bonchev–Trinajstić information content (AvgIpc) is 2.57. The highest BCUT2D eigenvalue weighted by Gasteiger charge is 2.36. The summed E-state index contributed by atoms with van der Waals surface area (Å²) in [5, 5.41) is 3.71. The molecule has 1 N–H and O–H groups in total. The molecular weight excluding hydrogens is 196 g/mol. The lowest BCUT2D eigenvalue weighted by molar-refractivity contribution is 0.499. The third-order valence-corrected chi connectivity index (χ3v) is 4.28. The quantitative estimate of drug-likeness (QED) is 0.655. The fourth-order valence-electron chi connectivity index (χ4n) is 3.59. The summed E-state index contributed by atoms with van der Waals surface area (Å²) in [4.78, 5) is 4.50. The summed E-state index contributed by atoms with van der Waals surface area (Å²) in [6.45, 7) is 0.855. The first kappa shape index (κ1) is 8.80. The van der Waals surface area contributed by atoms with Crippen molar-refractivity contribution in [3.05, 3.63) is 34.6 Å². The van der Waals surface area contributed by atoms with Gasteiger partial charge in [0.05, 0.1) is 6.54 Å². The standard InChI is InChI=1S/C14H16N2/c1-2-12-11-3-4-14-13(12)7-10(16-14)6-9(11)8-15-5-1/h1-2,8-10,16H,3-7H2. The van der Waals surface area contributed by atoms with Crippen molar-refractivity contribution < 1.29 is 0 Å². The minimum Gasteiger partial charge on any atom is -0.385 e. The fraction of sp³-hybridized carbons (Fsp3) is 0.500. The molecule has 5 bridgehead atoms. The molecule has 2 unspecified atom stereocenters. The Morgan fingerprint density at radius 3 is 3.31 bits per heavy atom. The fourth-order valence-corrected chi connectivity index (χ4v) is 3.59. The van der Waals surface area contributed by atoms with Crippen LogP contribution in [0.1, 0.15) is 25.7 Å². The Balaban J connectivity index is 1.95. The molecule has 0 aromatic carbocycles. The van der Waals surface area contributed by atoms with Crippen molar-refractivity contribution in [1.82, 2.24) is 5.32 Å². The maximum atomic E-state index is 4.50. The number of aliphatic imine (C=N–C) groups is 1. The Morgan fingerprint density at radius 2 is 2.31 bits per heavy atom. The van der Waals surface area contributed by atoms with E-state index in [2.05, 4.69) is 28.7 Å². The van der Waals surface area contributed by atoms with Gasteiger partial charge in [0.15, 0.2) is 0 Å². The highest BCUT2D eigenvalue weighted by atomic mass is 15.0. The molecule has 2 nitrogen and oxygen atoms in total. The summed E-state index contributed by atoms with van der Waals surface area (Å²) in [5.41, 5.74) is 6.34. The molecule has 4 aliphatic rings. The van der Waals surface area contributed by atoms with E-state index in [0.717, 1.165) is 6.54 Å². The SMILES string of the molecule is C1=CC2=C3CCC4=C2CC(CC3C=NC1)N4. The molecule has 82 valence electrons. The van der Waals surface area contributed by atoms with Crippen LogP contribution in [0.15, 0.2) is 39.6 Å². The smallest absolute Gasteiger partial charge is 0.0569 e. The molecule has 0 fully saturated rings. The topological polar surface area (TPSA) is 24.4 Å². The van der Waals surface area contributed by atoms with Gasteiger partial charge in [0.2, 0.25) is 0 Å². The first-order valence-electron chi connectivity index (χ1n) is 6.30. The lowest BCUT2D eigenvalue weighted by Gasteiger charge is -2.28. The Labute approximate surface area is 95.8 Å². The van der Waals surface area contributed by atoms with Crippen molar-refractivity contribution in [2.75, 3.05) is 6.54 Å². The van der Waals surface area contributed by atoms with Gasteiger partial charge in [-0.25, -0.2) is 0 Å². The van der Waals surface area contributed by atoms with E-state index in [9.17, 15) is 0 Å². The first-order valence-corrected chi connectivity index (χ1v) is 6.30. The van der Waals surface area contributed by atoms with Gasteiger partial charge in [0, 0.05) is 23.9 Å². The third-order valence-electron chi connectivity index (χ3n) is 4.28. The maximum Gasteiger partial charge on any atom is 0.0569 e. The van der Waals surface area contributed by atoms with Gasteiger partial charge in [0.25, 0.3) is 0 Å². The Morgan fingerprint density at radius 1 is 1.31 bits per heavy atom. The lowest BCUT2D eigenvalue weighted by Crippen LogP contribution is -2.29. The van der Waals surface area contributed by atoms with Crippen molar-refractivity contribution in [3.8, 4) is 0 Å². The van der Waals surface area contributed by atoms with Crippen LogP contribution in [0.25, 0.3) is 0 Å². The summed E-state index contributed by atoms with van der Waals surface area (Å²) in [7, 11) is 0. The Kier molecular flexibility index (Phi) is 1.70.